The van der Waals surface area contributed by atoms with E-state index in [9.17, 15) is 9.59 Å². The lowest BCUT2D eigenvalue weighted by Crippen LogP contribution is -2.30. The Bertz CT molecular complexity index is 1000. The van der Waals surface area contributed by atoms with Crippen molar-refractivity contribution in [2.24, 2.45) is 0 Å². The molecule has 0 aliphatic carbocycles. The van der Waals surface area contributed by atoms with Gasteiger partial charge in [0, 0.05) is 16.6 Å². The minimum absolute atomic E-state index is 0.0528. The summed E-state index contributed by atoms with van der Waals surface area (Å²) in [5.74, 6) is -0.829. The lowest BCUT2D eigenvalue weighted by atomic mass is 10.1. The molecular formula is C22H23NO4. The Morgan fingerprint density at radius 3 is 2.52 bits per heavy atom. The van der Waals surface area contributed by atoms with Crippen molar-refractivity contribution in [3.63, 3.8) is 0 Å². The molecule has 3 aromatic rings. The molecule has 1 atom stereocenters. The maximum Gasteiger partial charge on any atom is 0.311 e. The first-order valence-electron chi connectivity index (χ1n) is 8.88. The molecule has 1 aromatic heterocycles. The standard InChI is InChI=1S/C22H23NO4/c1-13-6-8-19(15(3)9-13)23-22(25)16(4)27-21(24)11-17-12-26-20-10-14(2)5-7-18(17)20/h5-10,12,16H,11H2,1-4H3,(H,23,25)/t16-/m1/s1. The highest BCUT2D eigenvalue weighted by molar-refractivity contribution is 5.96. The summed E-state index contributed by atoms with van der Waals surface area (Å²) in [7, 11) is 0. The Balaban J connectivity index is 1.61. The van der Waals surface area contributed by atoms with Gasteiger partial charge in [0.05, 0.1) is 12.7 Å². The molecule has 5 nitrogen and oxygen atoms in total. The number of amides is 1. The smallest absolute Gasteiger partial charge is 0.311 e. The van der Waals surface area contributed by atoms with Gasteiger partial charge in [-0.1, -0.05) is 29.8 Å². The first-order valence-corrected chi connectivity index (χ1v) is 8.88. The number of hydrogen-bond acceptors (Lipinski definition) is 4. The van der Waals surface area contributed by atoms with E-state index in [1.54, 1.807) is 13.2 Å². The molecule has 1 N–H and O–H groups in total. The summed E-state index contributed by atoms with van der Waals surface area (Å²) in [6.45, 7) is 7.45. The van der Waals surface area contributed by atoms with Gasteiger partial charge in [-0.15, -0.1) is 0 Å². The Morgan fingerprint density at radius 1 is 1.07 bits per heavy atom. The van der Waals surface area contributed by atoms with E-state index in [4.69, 9.17) is 9.15 Å². The molecule has 0 unspecified atom stereocenters. The summed E-state index contributed by atoms with van der Waals surface area (Å²) >= 11 is 0. The van der Waals surface area contributed by atoms with Gasteiger partial charge >= 0.3 is 5.97 Å². The number of anilines is 1. The van der Waals surface area contributed by atoms with Crippen LogP contribution in [0.4, 0.5) is 5.69 Å². The molecule has 0 bridgehead atoms. The van der Waals surface area contributed by atoms with Crippen molar-refractivity contribution in [3.05, 3.63) is 64.9 Å². The third-order valence-electron chi connectivity index (χ3n) is 4.46. The molecule has 2 aromatic carbocycles. The Labute approximate surface area is 158 Å². The largest absolute Gasteiger partial charge is 0.464 e. The number of hydrogen-bond donors (Lipinski definition) is 1. The van der Waals surface area contributed by atoms with Crippen LogP contribution in [-0.4, -0.2) is 18.0 Å². The molecule has 0 spiro atoms. The number of ether oxygens (including phenoxy) is 1. The molecule has 0 aliphatic rings. The van der Waals surface area contributed by atoms with Crippen molar-refractivity contribution in [1.29, 1.82) is 0 Å². The van der Waals surface area contributed by atoms with E-state index in [1.165, 1.54) is 0 Å². The molecule has 3 rings (SSSR count). The number of furan rings is 1. The van der Waals surface area contributed by atoms with Crippen molar-refractivity contribution in [2.75, 3.05) is 5.32 Å². The number of aryl methyl sites for hydroxylation is 3. The number of nitrogens with one attached hydrogen (secondary N) is 1. The van der Waals surface area contributed by atoms with Crippen molar-refractivity contribution >= 4 is 28.5 Å². The van der Waals surface area contributed by atoms with E-state index in [1.807, 2.05) is 57.2 Å². The van der Waals surface area contributed by atoms with Gasteiger partial charge in [-0.25, -0.2) is 0 Å². The van der Waals surface area contributed by atoms with Crippen molar-refractivity contribution < 1.29 is 18.7 Å². The normalized spacial score (nSPS) is 12.0. The highest BCUT2D eigenvalue weighted by atomic mass is 16.5. The van der Waals surface area contributed by atoms with Crippen molar-refractivity contribution in [2.45, 2.75) is 40.2 Å². The Hall–Kier alpha value is -3.08. The van der Waals surface area contributed by atoms with Gasteiger partial charge in [-0.3, -0.25) is 9.59 Å². The molecule has 1 heterocycles. The number of carbonyl (C=O) groups excluding carboxylic acids is 2. The second kappa shape index (κ2) is 7.66. The molecule has 0 saturated carbocycles. The van der Waals surface area contributed by atoms with Crippen LogP contribution in [-0.2, 0) is 20.7 Å². The summed E-state index contributed by atoms with van der Waals surface area (Å²) in [5.41, 5.74) is 5.36. The van der Waals surface area contributed by atoms with Crippen LogP contribution in [0.2, 0.25) is 0 Å². The van der Waals surface area contributed by atoms with Gasteiger partial charge < -0.3 is 14.5 Å². The Morgan fingerprint density at radius 2 is 1.78 bits per heavy atom. The molecule has 0 fully saturated rings. The molecule has 140 valence electrons. The quantitative estimate of drug-likeness (QED) is 0.677. The molecule has 1 amide bonds. The highest BCUT2D eigenvalue weighted by Gasteiger charge is 2.20. The van der Waals surface area contributed by atoms with Crippen LogP contribution in [0, 0.1) is 20.8 Å². The minimum Gasteiger partial charge on any atom is -0.464 e. The van der Waals surface area contributed by atoms with Crippen molar-refractivity contribution in [1.82, 2.24) is 0 Å². The second-order valence-corrected chi connectivity index (χ2v) is 6.88. The average molecular weight is 365 g/mol. The van der Waals surface area contributed by atoms with Crippen LogP contribution >= 0.6 is 0 Å². The van der Waals surface area contributed by atoms with E-state index >= 15 is 0 Å². The van der Waals surface area contributed by atoms with Crippen LogP contribution in [0.3, 0.4) is 0 Å². The fourth-order valence-electron chi connectivity index (χ4n) is 2.96. The van der Waals surface area contributed by atoms with E-state index in [2.05, 4.69) is 5.32 Å². The minimum atomic E-state index is -0.890. The fourth-order valence-corrected chi connectivity index (χ4v) is 2.96. The third-order valence-corrected chi connectivity index (χ3v) is 4.46. The third kappa shape index (κ3) is 4.37. The van der Waals surface area contributed by atoms with Crippen molar-refractivity contribution in [3.8, 4) is 0 Å². The van der Waals surface area contributed by atoms with E-state index in [0.717, 1.165) is 33.2 Å². The average Bonchev–Trinajstić information content (AvgIpc) is 2.98. The number of rotatable bonds is 5. The van der Waals surface area contributed by atoms with Crippen LogP contribution in [0.5, 0.6) is 0 Å². The molecule has 0 aliphatic heterocycles. The number of fused-ring (bicyclic) bond motifs is 1. The zero-order chi connectivity index (χ0) is 19.6. The van der Waals surface area contributed by atoms with Gasteiger partial charge in [0.2, 0.25) is 0 Å². The van der Waals surface area contributed by atoms with Gasteiger partial charge in [0.15, 0.2) is 6.10 Å². The zero-order valence-corrected chi connectivity index (χ0v) is 16.0. The number of benzene rings is 2. The van der Waals surface area contributed by atoms with Gasteiger partial charge in [0.25, 0.3) is 5.91 Å². The molecule has 0 radical (unpaired) electrons. The summed E-state index contributed by atoms with van der Waals surface area (Å²) in [6, 6.07) is 11.6. The molecule has 27 heavy (non-hydrogen) atoms. The Kier molecular flexibility index (Phi) is 5.31. The molecule has 5 heteroatoms. The second-order valence-electron chi connectivity index (χ2n) is 6.88. The van der Waals surface area contributed by atoms with Crippen LogP contribution < -0.4 is 5.32 Å². The lowest BCUT2D eigenvalue weighted by molar-refractivity contribution is -0.152. The summed E-state index contributed by atoms with van der Waals surface area (Å²) in [5, 5.41) is 3.68. The molecule has 0 saturated heterocycles. The van der Waals surface area contributed by atoms with E-state index in [-0.39, 0.29) is 12.3 Å². The SMILES string of the molecule is Cc1ccc(NC(=O)[C@@H](C)OC(=O)Cc2coc3cc(C)ccc23)c(C)c1. The van der Waals surface area contributed by atoms with E-state index in [0.29, 0.717) is 5.69 Å². The lowest BCUT2D eigenvalue weighted by Gasteiger charge is -2.15. The van der Waals surface area contributed by atoms with Gasteiger partial charge in [-0.2, -0.15) is 0 Å². The maximum atomic E-state index is 12.3. The molecular weight excluding hydrogens is 342 g/mol. The summed E-state index contributed by atoms with van der Waals surface area (Å²) < 4.78 is 10.8. The number of esters is 1. The highest BCUT2D eigenvalue weighted by Crippen LogP contribution is 2.23. The predicted molar refractivity (Wildman–Crippen MR) is 105 cm³/mol. The topological polar surface area (TPSA) is 68.5 Å². The first kappa shape index (κ1) is 18.7. The van der Waals surface area contributed by atoms with Crippen LogP contribution in [0.15, 0.2) is 47.1 Å². The van der Waals surface area contributed by atoms with E-state index < -0.39 is 12.1 Å². The maximum absolute atomic E-state index is 12.3. The van der Waals surface area contributed by atoms with Gasteiger partial charge in [-0.05, 0) is 51.0 Å². The first-order chi connectivity index (χ1) is 12.8. The predicted octanol–water partition coefficient (Wildman–Crippen LogP) is 4.47. The number of carbonyl (C=O) groups is 2. The fraction of sp³-hybridized carbons (Fsp3) is 0.273. The summed E-state index contributed by atoms with van der Waals surface area (Å²) in [4.78, 5) is 24.6. The van der Waals surface area contributed by atoms with Gasteiger partial charge in [0.1, 0.15) is 5.58 Å². The monoisotopic (exact) mass is 365 g/mol. The van der Waals surface area contributed by atoms with Crippen LogP contribution in [0.25, 0.3) is 11.0 Å². The van der Waals surface area contributed by atoms with Crippen LogP contribution in [0.1, 0.15) is 29.2 Å². The summed E-state index contributed by atoms with van der Waals surface area (Å²) in [6.07, 6.45) is 0.724. The zero-order valence-electron chi connectivity index (χ0n) is 16.0.